The van der Waals surface area contributed by atoms with Crippen LogP contribution in [0.15, 0.2) is 53.1 Å². The highest BCUT2D eigenvalue weighted by Gasteiger charge is 2.32. The maximum absolute atomic E-state index is 12.3. The summed E-state index contributed by atoms with van der Waals surface area (Å²) in [5.41, 5.74) is 1.81. The summed E-state index contributed by atoms with van der Waals surface area (Å²) in [5, 5.41) is 3.66. The molecule has 2 aliphatic heterocycles. The van der Waals surface area contributed by atoms with Crippen LogP contribution in [0, 0.1) is 0 Å². The van der Waals surface area contributed by atoms with Crippen molar-refractivity contribution in [1.29, 1.82) is 0 Å². The summed E-state index contributed by atoms with van der Waals surface area (Å²) < 4.78 is 4.97. The molecular weight excluding hydrogens is 306 g/mol. The molecule has 3 nitrogen and oxygen atoms in total. The Morgan fingerprint density at radius 1 is 1.48 bits per heavy atom. The van der Waals surface area contributed by atoms with Crippen LogP contribution in [-0.4, -0.2) is 29.5 Å². The van der Waals surface area contributed by atoms with Crippen LogP contribution in [-0.2, 0) is 20.9 Å². The Bertz CT molecular complexity index is 717. The Kier molecular flexibility index (Phi) is 3.93. The predicted molar refractivity (Wildman–Crippen MR) is 86.0 cm³/mol. The Morgan fingerprint density at radius 2 is 2.29 bits per heavy atom. The van der Waals surface area contributed by atoms with E-state index in [2.05, 4.69) is 11.1 Å². The van der Waals surface area contributed by atoms with Gasteiger partial charge in [-0.15, -0.1) is 0 Å². The minimum absolute atomic E-state index is 0.324. The molecule has 106 valence electrons. The zero-order valence-electron chi connectivity index (χ0n) is 11.4. The third-order valence-corrected chi connectivity index (χ3v) is 4.62. The van der Waals surface area contributed by atoms with Crippen LogP contribution in [0.2, 0.25) is 5.02 Å². The van der Waals surface area contributed by atoms with E-state index in [-0.39, 0.29) is 5.97 Å². The molecule has 0 unspecified atom stereocenters. The van der Waals surface area contributed by atoms with Crippen molar-refractivity contribution in [2.75, 3.05) is 13.7 Å². The molecule has 0 saturated carbocycles. The Morgan fingerprint density at radius 3 is 3.05 bits per heavy atom. The van der Waals surface area contributed by atoms with Gasteiger partial charge in [-0.25, -0.2) is 4.79 Å². The lowest BCUT2D eigenvalue weighted by atomic mass is 10.0. The van der Waals surface area contributed by atoms with Crippen LogP contribution in [0.1, 0.15) is 11.6 Å². The second-order valence-corrected chi connectivity index (χ2v) is 5.95. The first kappa shape index (κ1) is 14.1. The second kappa shape index (κ2) is 5.86. The van der Waals surface area contributed by atoms with Crippen LogP contribution in [0.4, 0.5) is 0 Å². The zero-order chi connectivity index (χ0) is 14.8. The summed E-state index contributed by atoms with van der Waals surface area (Å²) in [5.74, 6) is -0.324. The van der Waals surface area contributed by atoms with Crippen molar-refractivity contribution in [3.63, 3.8) is 0 Å². The third kappa shape index (κ3) is 2.66. The maximum atomic E-state index is 12.3. The van der Waals surface area contributed by atoms with Crippen molar-refractivity contribution < 1.29 is 9.53 Å². The van der Waals surface area contributed by atoms with E-state index in [1.165, 1.54) is 12.0 Å². The highest BCUT2D eigenvalue weighted by Crippen LogP contribution is 2.32. The average molecular weight is 319 g/mol. The van der Waals surface area contributed by atoms with E-state index < -0.39 is 6.04 Å². The van der Waals surface area contributed by atoms with Crippen molar-refractivity contribution in [1.82, 2.24) is 4.90 Å². The highest BCUT2D eigenvalue weighted by atomic mass is 35.5. The average Bonchev–Trinajstić information content (AvgIpc) is 2.97. The fourth-order valence-electron chi connectivity index (χ4n) is 2.40. The van der Waals surface area contributed by atoms with Gasteiger partial charge in [-0.05, 0) is 6.07 Å². The van der Waals surface area contributed by atoms with Crippen molar-refractivity contribution in [3.05, 3.63) is 63.7 Å². The van der Waals surface area contributed by atoms with E-state index in [1.807, 2.05) is 35.4 Å². The molecule has 0 radical (unpaired) electrons. The number of carbonyl (C=O) groups excluding carboxylic acids is 1. The summed E-state index contributed by atoms with van der Waals surface area (Å²) >= 11 is 7.83. The number of nitrogens with zero attached hydrogens (tertiary/aromatic N) is 1. The molecule has 1 atom stereocenters. The number of rotatable bonds is 3. The normalized spacial score (nSPS) is 17.1. The topological polar surface area (TPSA) is 29.5 Å². The van der Waals surface area contributed by atoms with Gasteiger partial charge < -0.3 is 9.64 Å². The lowest BCUT2D eigenvalue weighted by molar-refractivity contribution is -0.146. The van der Waals surface area contributed by atoms with Crippen LogP contribution in [0.25, 0.3) is 0 Å². The van der Waals surface area contributed by atoms with Gasteiger partial charge in [0, 0.05) is 29.4 Å². The number of hydrogen-bond acceptors (Lipinski definition) is 3. The summed E-state index contributed by atoms with van der Waals surface area (Å²) in [6.45, 7) is 0.631. The Hall–Kier alpha value is -1.87. The number of hydrogen-bond donors (Lipinski definition) is 0. The molecule has 0 N–H and O–H groups in total. The van der Waals surface area contributed by atoms with Crippen LogP contribution >= 0.6 is 11.6 Å². The van der Waals surface area contributed by atoms with Crippen LogP contribution < -0.4 is 0 Å². The first-order chi connectivity index (χ1) is 10.2. The fourth-order valence-corrected chi connectivity index (χ4v) is 3.34. The van der Waals surface area contributed by atoms with Gasteiger partial charge in [-0.3, -0.25) is 0 Å². The number of esters is 1. The summed E-state index contributed by atoms with van der Waals surface area (Å²) in [4.78, 5) is 15.4. The molecular formula is C16H13ClNO2S+. The van der Waals surface area contributed by atoms with E-state index in [9.17, 15) is 4.79 Å². The van der Waals surface area contributed by atoms with Crippen molar-refractivity contribution >= 4 is 33.9 Å². The van der Waals surface area contributed by atoms with Gasteiger partial charge in [0.2, 0.25) is 4.91 Å². The van der Waals surface area contributed by atoms with Gasteiger partial charge in [0.05, 0.1) is 18.8 Å². The molecule has 0 fully saturated rings. The highest BCUT2D eigenvalue weighted by molar-refractivity contribution is 7.81. The molecule has 0 aliphatic carbocycles. The Labute approximate surface area is 132 Å². The van der Waals surface area contributed by atoms with E-state index in [4.69, 9.17) is 16.3 Å². The lowest BCUT2D eigenvalue weighted by Gasteiger charge is -2.30. The number of benzene rings is 1. The SMILES string of the molecule is COC(=O)[C@@H](c1ccccc1Cl)N1C=C2C=C=[S+]C2=CC1. The molecule has 5 heteroatoms. The van der Waals surface area contributed by atoms with Crippen molar-refractivity contribution in [2.45, 2.75) is 6.04 Å². The van der Waals surface area contributed by atoms with Crippen LogP contribution in [0.5, 0.6) is 0 Å². The molecule has 1 aromatic rings. The monoisotopic (exact) mass is 318 g/mol. The van der Waals surface area contributed by atoms with E-state index in [0.717, 1.165) is 11.1 Å². The smallest absolute Gasteiger partial charge is 0.333 e. The van der Waals surface area contributed by atoms with E-state index in [0.29, 0.717) is 11.6 Å². The molecule has 0 amide bonds. The van der Waals surface area contributed by atoms with Crippen molar-refractivity contribution in [2.24, 2.45) is 0 Å². The fraction of sp³-hybridized carbons (Fsp3) is 0.188. The number of ether oxygens (including phenoxy) is 1. The second-order valence-electron chi connectivity index (χ2n) is 4.66. The summed E-state index contributed by atoms with van der Waals surface area (Å²) in [6, 6.07) is 6.80. The maximum Gasteiger partial charge on any atom is 0.333 e. The molecule has 0 aromatic heterocycles. The van der Waals surface area contributed by atoms with Gasteiger partial charge in [-0.2, -0.15) is 0 Å². The number of allylic oxidation sites excluding steroid dienone is 2. The first-order valence-corrected chi connectivity index (χ1v) is 7.66. The lowest BCUT2D eigenvalue weighted by Crippen LogP contribution is -2.33. The van der Waals surface area contributed by atoms with Gasteiger partial charge in [-0.1, -0.05) is 29.8 Å². The first-order valence-electron chi connectivity index (χ1n) is 6.46. The molecule has 0 spiro atoms. The molecule has 3 rings (SSSR count). The third-order valence-electron chi connectivity index (χ3n) is 3.42. The number of methoxy groups -OCH3 is 1. The van der Waals surface area contributed by atoms with Crippen molar-refractivity contribution in [3.8, 4) is 0 Å². The molecule has 2 heterocycles. The van der Waals surface area contributed by atoms with Gasteiger partial charge in [0.1, 0.15) is 0 Å². The minimum Gasteiger partial charge on any atom is -0.467 e. The van der Waals surface area contributed by atoms with Gasteiger partial charge in [0.25, 0.3) is 11.4 Å². The number of halogens is 1. The standard InChI is InChI=1S/C16H13ClNO2S/c1-20-16(19)15(12-4-2-3-5-13(12)17)18-8-6-14-11(10-18)7-9-21-14/h2-7,10,15H,8H2,1H3/q+1/t15-/m1/s1. The van der Waals surface area contributed by atoms with Gasteiger partial charge >= 0.3 is 5.97 Å². The quantitative estimate of drug-likeness (QED) is 0.487. The molecule has 0 bridgehead atoms. The van der Waals surface area contributed by atoms with E-state index >= 15 is 0 Å². The number of carbonyl (C=O) groups is 1. The minimum atomic E-state index is -0.548. The van der Waals surface area contributed by atoms with Gasteiger partial charge in [0.15, 0.2) is 11.1 Å². The van der Waals surface area contributed by atoms with E-state index in [1.54, 1.807) is 17.4 Å². The Balaban J connectivity index is 1.99. The molecule has 0 saturated heterocycles. The molecule has 2 aliphatic rings. The summed E-state index contributed by atoms with van der Waals surface area (Å²) in [6.07, 6.45) is 5.97. The van der Waals surface area contributed by atoms with Crippen LogP contribution in [0.3, 0.4) is 0 Å². The number of fused-ring (bicyclic) bond motifs is 1. The largest absolute Gasteiger partial charge is 0.467 e. The summed E-state index contributed by atoms with van der Waals surface area (Å²) in [7, 11) is 1.39. The molecule has 1 aromatic carbocycles. The zero-order valence-corrected chi connectivity index (χ0v) is 12.9. The molecule has 21 heavy (non-hydrogen) atoms. The predicted octanol–water partition coefficient (Wildman–Crippen LogP) is 2.69.